The quantitative estimate of drug-likeness (QED) is 0.638. The van der Waals surface area contributed by atoms with Crippen molar-refractivity contribution in [3.63, 3.8) is 0 Å². The summed E-state index contributed by atoms with van der Waals surface area (Å²) in [5.41, 5.74) is -0.538. The number of carbonyl (C=O) groups excluding carboxylic acids is 1. The van der Waals surface area contributed by atoms with Crippen LogP contribution in [0, 0.1) is 12.3 Å². The number of hydrogen-bond donors (Lipinski definition) is 1. The van der Waals surface area contributed by atoms with Gasteiger partial charge in [0, 0.05) is 0 Å². The molecular formula is C15H29NO3Si. The molecule has 116 valence electrons. The van der Waals surface area contributed by atoms with Crippen LogP contribution in [0.5, 0.6) is 0 Å². The topological polar surface area (TPSA) is 47.6 Å². The van der Waals surface area contributed by atoms with Crippen molar-refractivity contribution >= 4 is 14.4 Å². The van der Waals surface area contributed by atoms with Gasteiger partial charge in [0.25, 0.3) is 0 Å². The Hall–Kier alpha value is -0.993. The van der Waals surface area contributed by atoms with E-state index in [1.807, 2.05) is 20.8 Å². The van der Waals surface area contributed by atoms with E-state index < -0.39 is 26.1 Å². The van der Waals surface area contributed by atoms with Crippen molar-refractivity contribution in [3.05, 3.63) is 0 Å². The second kappa shape index (κ2) is 6.64. The zero-order chi connectivity index (χ0) is 16.2. The third-order valence-corrected chi connectivity index (χ3v) is 7.81. The normalized spacial score (nSPS) is 14.3. The van der Waals surface area contributed by atoms with Crippen LogP contribution in [-0.4, -0.2) is 32.7 Å². The highest BCUT2D eigenvalue weighted by atomic mass is 28.4. The Kier molecular flexibility index (Phi) is 6.31. The molecule has 0 aromatic heterocycles. The van der Waals surface area contributed by atoms with Crippen molar-refractivity contribution in [3.8, 4) is 12.3 Å². The fraction of sp³-hybridized carbons (Fsp3) is 0.800. The maximum Gasteiger partial charge on any atom is 0.408 e. The second-order valence-corrected chi connectivity index (χ2v) is 12.2. The maximum atomic E-state index is 11.7. The first-order chi connectivity index (χ1) is 8.78. The van der Waals surface area contributed by atoms with Crippen LogP contribution in [0.25, 0.3) is 0 Å². The lowest BCUT2D eigenvalue weighted by Crippen LogP contribution is -2.46. The van der Waals surface area contributed by atoms with E-state index in [2.05, 4.69) is 45.1 Å². The molecule has 0 rings (SSSR count). The largest absolute Gasteiger partial charge is 0.444 e. The zero-order valence-corrected chi connectivity index (χ0v) is 15.1. The van der Waals surface area contributed by atoms with E-state index in [9.17, 15) is 4.79 Å². The van der Waals surface area contributed by atoms with E-state index in [0.29, 0.717) is 6.61 Å². The van der Waals surface area contributed by atoms with Crippen LogP contribution in [-0.2, 0) is 9.16 Å². The molecule has 1 N–H and O–H groups in total. The molecule has 0 fully saturated rings. The molecular weight excluding hydrogens is 270 g/mol. The fourth-order valence-electron chi connectivity index (χ4n) is 1.09. The van der Waals surface area contributed by atoms with Crippen LogP contribution >= 0.6 is 0 Å². The molecule has 5 heteroatoms. The average Bonchev–Trinajstić information content (AvgIpc) is 2.19. The highest BCUT2D eigenvalue weighted by molar-refractivity contribution is 6.74. The number of nitrogens with one attached hydrogen (secondary N) is 1. The minimum Gasteiger partial charge on any atom is -0.444 e. The Morgan fingerprint density at radius 3 is 2.10 bits per heavy atom. The molecule has 0 aliphatic heterocycles. The third-order valence-electron chi connectivity index (χ3n) is 3.31. The van der Waals surface area contributed by atoms with Gasteiger partial charge in [-0.2, -0.15) is 0 Å². The summed E-state index contributed by atoms with van der Waals surface area (Å²) in [5, 5.41) is 2.76. The van der Waals surface area contributed by atoms with Gasteiger partial charge >= 0.3 is 6.09 Å². The second-order valence-electron chi connectivity index (χ2n) is 7.44. The summed E-state index contributed by atoms with van der Waals surface area (Å²) in [4.78, 5) is 11.7. The predicted octanol–water partition coefficient (Wildman–Crippen LogP) is 3.53. The van der Waals surface area contributed by atoms with Crippen molar-refractivity contribution in [2.75, 3.05) is 6.61 Å². The van der Waals surface area contributed by atoms with Gasteiger partial charge in [-0.25, -0.2) is 4.79 Å². The first-order valence-corrected chi connectivity index (χ1v) is 9.79. The SMILES string of the molecule is C#C[C@@H](CO[Si](C)(C)C(C)(C)C)NC(=O)OC(C)(C)C. The molecule has 4 nitrogen and oxygen atoms in total. The van der Waals surface area contributed by atoms with E-state index >= 15 is 0 Å². The van der Waals surface area contributed by atoms with E-state index in [-0.39, 0.29) is 5.04 Å². The molecule has 0 saturated heterocycles. The number of ether oxygens (including phenoxy) is 1. The Labute approximate surface area is 124 Å². The van der Waals surface area contributed by atoms with Gasteiger partial charge in [0.15, 0.2) is 8.32 Å². The standard InChI is InChI=1S/C15H29NO3Si/c1-10-12(16-13(17)19-14(2,3)4)11-18-20(8,9)15(5,6)7/h1,12H,11H2,2-9H3,(H,16,17)/t12-/m0/s1. The number of alkyl carbamates (subject to hydrolysis) is 1. The van der Waals surface area contributed by atoms with Gasteiger partial charge in [0.1, 0.15) is 11.6 Å². The summed E-state index contributed by atoms with van der Waals surface area (Å²) in [6, 6.07) is -0.473. The van der Waals surface area contributed by atoms with E-state index in [4.69, 9.17) is 15.6 Å². The van der Waals surface area contributed by atoms with Crippen molar-refractivity contribution in [2.24, 2.45) is 0 Å². The lowest BCUT2D eigenvalue weighted by atomic mass is 10.2. The first kappa shape index (κ1) is 19.0. The molecule has 0 unspecified atom stereocenters. The van der Waals surface area contributed by atoms with Gasteiger partial charge in [-0.1, -0.05) is 26.7 Å². The maximum absolute atomic E-state index is 11.7. The number of carbonyl (C=O) groups is 1. The highest BCUT2D eigenvalue weighted by Crippen LogP contribution is 2.36. The molecule has 0 aliphatic carbocycles. The Morgan fingerprint density at radius 1 is 1.25 bits per heavy atom. The van der Waals surface area contributed by atoms with Crippen molar-refractivity contribution < 1.29 is 14.0 Å². The van der Waals surface area contributed by atoms with Crippen molar-refractivity contribution in [2.45, 2.75) is 71.3 Å². The summed E-state index contributed by atoms with van der Waals surface area (Å²) in [6.07, 6.45) is 4.92. The molecule has 20 heavy (non-hydrogen) atoms. The highest BCUT2D eigenvalue weighted by Gasteiger charge is 2.37. The van der Waals surface area contributed by atoms with Crippen molar-refractivity contribution in [1.82, 2.24) is 5.32 Å². The van der Waals surface area contributed by atoms with Crippen LogP contribution in [0.1, 0.15) is 41.5 Å². The van der Waals surface area contributed by atoms with Crippen LogP contribution in [0.15, 0.2) is 0 Å². The first-order valence-electron chi connectivity index (χ1n) is 6.88. The lowest BCUT2D eigenvalue weighted by Gasteiger charge is -2.36. The van der Waals surface area contributed by atoms with Crippen LogP contribution in [0.3, 0.4) is 0 Å². The number of rotatable bonds is 4. The minimum atomic E-state index is -1.87. The molecule has 1 atom stereocenters. The van der Waals surface area contributed by atoms with Gasteiger partial charge in [-0.3, -0.25) is 0 Å². The lowest BCUT2D eigenvalue weighted by molar-refractivity contribution is 0.0502. The van der Waals surface area contributed by atoms with Crippen LogP contribution < -0.4 is 5.32 Å². The van der Waals surface area contributed by atoms with Crippen LogP contribution in [0.2, 0.25) is 18.1 Å². The third kappa shape index (κ3) is 6.97. The average molecular weight is 299 g/mol. The number of amides is 1. The molecule has 0 spiro atoms. The summed E-state index contributed by atoms with van der Waals surface area (Å²) in [7, 11) is -1.87. The van der Waals surface area contributed by atoms with Gasteiger partial charge in [-0.05, 0) is 38.9 Å². The molecule has 0 radical (unpaired) electrons. The minimum absolute atomic E-state index is 0.109. The van der Waals surface area contributed by atoms with E-state index in [1.165, 1.54) is 0 Å². The Balaban J connectivity index is 4.46. The Bertz CT molecular complexity index is 372. The van der Waals surface area contributed by atoms with Gasteiger partial charge < -0.3 is 14.5 Å². The Morgan fingerprint density at radius 2 is 1.75 bits per heavy atom. The zero-order valence-electron chi connectivity index (χ0n) is 14.1. The van der Waals surface area contributed by atoms with Gasteiger partial charge in [-0.15, -0.1) is 6.42 Å². The molecule has 0 aliphatic rings. The monoisotopic (exact) mass is 299 g/mol. The van der Waals surface area contributed by atoms with Crippen molar-refractivity contribution in [1.29, 1.82) is 0 Å². The fourth-order valence-corrected chi connectivity index (χ4v) is 2.11. The molecule has 0 aromatic carbocycles. The summed E-state index contributed by atoms with van der Waals surface area (Å²) in [5.74, 6) is 2.53. The molecule has 0 bridgehead atoms. The number of terminal acetylenes is 1. The molecule has 0 heterocycles. The number of hydrogen-bond acceptors (Lipinski definition) is 3. The molecule has 0 saturated carbocycles. The smallest absolute Gasteiger partial charge is 0.408 e. The van der Waals surface area contributed by atoms with E-state index in [1.54, 1.807) is 0 Å². The summed E-state index contributed by atoms with van der Waals surface area (Å²) in [6.45, 7) is 16.5. The van der Waals surface area contributed by atoms with Gasteiger partial charge in [0.2, 0.25) is 0 Å². The summed E-state index contributed by atoms with van der Waals surface area (Å²) >= 11 is 0. The van der Waals surface area contributed by atoms with Gasteiger partial charge in [0.05, 0.1) is 6.61 Å². The molecule has 1 amide bonds. The van der Waals surface area contributed by atoms with E-state index in [0.717, 1.165) is 0 Å². The predicted molar refractivity (Wildman–Crippen MR) is 85.1 cm³/mol. The molecule has 0 aromatic rings. The summed E-state index contributed by atoms with van der Waals surface area (Å²) < 4.78 is 11.2. The van der Waals surface area contributed by atoms with Crippen LogP contribution in [0.4, 0.5) is 4.79 Å².